The van der Waals surface area contributed by atoms with Crippen molar-refractivity contribution in [2.45, 2.75) is 44.8 Å². The van der Waals surface area contributed by atoms with Crippen LogP contribution in [-0.2, 0) is 33.0 Å². The Balaban J connectivity index is 1.29. The Morgan fingerprint density at radius 1 is 1.29 bits per heavy atom. The summed E-state index contributed by atoms with van der Waals surface area (Å²) in [6.07, 6.45) is 2.81. The monoisotopic (exact) mass is 489 g/mol. The van der Waals surface area contributed by atoms with E-state index in [1.165, 1.54) is 12.1 Å². The quantitative estimate of drug-likeness (QED) is 0.446. The Kier molecular flexibility index (Phi) is 5.90. The normalized spacial score (nSPS) is 16.1. The van der Waals surface area contributed by atoms with Gasteiger partial charge in [0, 0.05) is 36.3 Å². The Labute approximate surface area is 196 Å². The van der Waals surface area contributed by atoms with Crippen LogP contribution in [-0.4, -0.2) is 31.7 Å². The summed E-state index contributed by atoms with van der Waals surface area (Å²) in [6, 6.07) is 6.15. The second-order valence-electron chi connectivity index (χ2n) is 8.40. The highest BCUT2D eigenvalue weighted by Gasteiger charge is 2.31. The van der Waals surface area contributed by atoms with Crippen LogP contribution in [0.15, 0.2) is 47.8 Å². The van der Waals surface area contributed by atoms with Crippen molar-refractivity contribution in [1.82, 2.24) is 24.6 Å². The van der Waals surface area contributed by atoms with E-state index < -0.39 is 6.36 Å². The molecule has 0 fully saturated rings. The third-order valence-corrected chi connectivity index (χ3v) is 7.04. The van der Waals surface area contributed by atoms with Crippen LogP contribution < -0.4 is 15.6 Å². The van der Waals surface area contributed by atoms with E-state index in [9.17, 15) is 18.0 Å². The number of hydrogen-bond donors (Lipinski definition) is 1. The Morgan fingerprint density at radius 3 is 2.91 bits per heavy atom. The van der Waals surface area contributed by atoms with Crippen LogP contribution in [0.5, 0.6) is 5.75 Å². The average molecular weight is 490 g/mol. The molecule has 7 nitrogen and oxygen atoms in total. The molecule has 1 aliphatic carbocycles. The fourth-order valence-corrected chi connectivity index (χ4v) is 5.61. The molecular weight excluding hydrogens is 467 g/mol. The van der Waals surface area contributed by atoms with E-state index in [4.69, 9.17) is 0 Å². The van der Waals surface area contributed by atoms with Crippen molar-refractivity contribution in [3.63, 3.8) is 0 Å². The van der Waals surface area contributed by atoms with E-state index in [0.717, 1.165) is 40.1 Å². The van der Waals surface area contributed by atoms with Crippen molar-refractivity contribution < 1.29 is 17.9 Å². The lowest BCUT2D eigenvalue weighted by Crippen LogP contribution is -2.33. The first kappa shape index (κ1) is 22.6. The van der Waals surface area contributed by atoms with Gasteiger partial charge in [-0.1, -0.05) is 12.1 Å². The summed E-state index contributed by atoms with van der Waals surface area (Å²) in [5, 5.41) is 8.28. The zero-order valence-electron chi connectivity index (χ0n) is 18.3. The van der Waals surface area contributed by atoms with Gasteiger partial charge in [0.25, 0.3) is 5.56 Å². The summed E-state index contributed by atoms with van der Waals surface area (Å²) >= 11 is 1.54. The van der Waals surface area contributed by atoms with E-state index >= 15 is 0 Å². The molecule has 0 unspecified atom stereocenters. The van der Waals surface area contributed by atoms with E-state index in [2.05, 4.69) is 20.1 Å². The molecule has 0 spiro atoms. The molecule has 0 saturated carbocycles. The number of aromatic nitrogens is 4. The number of benzene rings is 1. The Hall–Kier alpha value is -3.18. The predicted molar refractivity (Wildman–Crippen MR) is 122 cm³/mol. The third kappa shape index (κ3) is 4.85. The van der Waals surface area contributed by atoms with Crippen LogP contribution in [0.3, 0.4) is 0 Å². The molecule has 0 bridgehead atoms. The van der Waals surface area contributed by atoms with Crippen LogP contribution in [0.1, 0.15) is 28.0 Å². The number of rotatable bonds is 6. The van der Waals surface area contributed by atoms with Gasteiger partial charge >= 0.3 is 6.36 Å². The summed E-state index contributed by atoms with van der Waals surface area (Å²) in [5.41, 5.74) is 2.67. The van der Waals surface area contributed by atoms with Gasteiger partial charge in [0.1, 0.15) is 10.6 Å². The number of nitrogens with zero attached hydrogens (tertiary/aromatic N) is 4. The molecule has 0 radical (unpaired) electrons. The molecule has 34 heavy (non-hydrogen) atoms. The van der Waals surface area contributed by atoms with E-state index in [-0.39, 0.29) is 17.4 Å². The molecule has 178 valence electrons. The lowest BCUT2D eigenvalue weighted by Gasteiger charge is -2.23. The van der Waals surface area contributed by atoms with Crippen LogP contribution in [0.4, 0.5) is 13.2 Å². The van der Waals surface area contributed by atoms with Gasteiger partial charge in [-0.25, -0.2) is 4.98 Å². The maximum absolute atomic E-state index is 13.2. The lowest BCUT2D eigenvalue weighted by molar-refractivity contribution is -0.274. The van der Waals surface area contributed by atoms with Gasteiger partial charge in [0.15, 0.2) is 0 Å². The first-order chi connectivity index (χ1) is 16.2. The van der Waals surface area contributed by atoms with Crippen LogP contribution in [0, 0.1) is 0 Å². The van der Waals surface area contributed by atoms with Crippen LogP contribution in [0.2, 0.25) is 0 Å². The second-order valence-corrected chi connectivity index (χ2v) is 9.48. The Bertz CT molecular complexity index is 1390. The molecular formula is C23H22F3N5O2S. The average Bonchev–Trinajstić information content (AvgIpc) is 3.36. The van der Waals surface area contributed by atoms with E-state index in [1.807, 2.05) is 13.2 Å². The topological polar surface area (TPSA) is 74.0 Å². The number of fused-ring (bicyclic) bond motifs is 3. The molecule has 1 aliphatic rings. The largest absolute Gasteiger partial charge is 0.573 e. The standard InChI is InChI=1S/C23H22F3N5O2S/c1-30-11-15(10-29-30)12-31-13-28-21-20(22(31)32)18-6-5-16(8-19(18)34-21)27-9-14-3-2-4-17(7-14)33-23(24,25)26/h2-4,7,10-11,13,16,27H,5-6,8-9,12H2,1H3/t16-/m0/s1. The number of ether oxygens (including phenoxy) is 1. The maximum atomic E-state index is 13.2. The van der Waals surface area contributed by atoms with Gasteiger partial charge < -0.3 is 10.1 Å². The molecule has 0 amide bonds. The zero-order valence-corrected chi connectivity index (χ0v) is 19.1. The minimum atomic E-state index is -4.71. The fraction of sp³-hybridized carbons (Fsp3) is 0.348. The zero-order chi connectivity index (χ0) is 23.9. The number of hydrogen-bond acceptors (Lipinski definition) is 6. The lowest BCUT2D eigenvalue weighted by atomic mass is 9.93. The fourth-order valence-electron chi connectivity index (χ4n) is 4.35. The molecule has 0 aliphatic heterocycles. The van der Waals surface area contributed by atoms with Crippen molar-refractivity contribution in [2.24, 2.45) is 7.05 Å². The highest BCUT2D eigenvalue weighted by atomic mass is 32.1. The number of alkyl halides is 3. The maximum Gasteiger partial charge on any atom is 0.573 e. The van der Waals surface area contributed by atoms with Gasteiger partial charge in [0.2, 0.25) is 0 Å². The van der Waals surface area contributed by atoms with Gasteiger partial charge in [0.05, 0.1) is 24.5 Å². The molecule has 0 saturated heterocycles. The molecule has 1 N–H and O–H groups in total. The number of aryl methyl sites for hydroxylation is 2. The number of nitrogens with one attached hydrogen (secondary N) is 1. The molecule has 1 aromatic carbocycles. The predicted octanol–water partition coefficient (Wildman–Crippen LogP) is 3.79. The first-order valence-corrected chi connectivity index (χ1v) is 11.6. The van der Waals surface area contributed by atoms with Crippen molar-refractivity contribution >= 4 is 21.6 Å². The Morgan fingerprint density at radius 2 is 2.15 bits per heavy atom. The number of thiophene rings is 1. The molecule has 11 heteroatoms. The second kappa shape index (κ2) is 8.88. The summed E-state index contributed by atoms with van der Waals surface area (Å²) in [7, 11) is 1.83. The van der Waals surface area contributed by atoms with Crippen molar-refractivity contribution in [3.05, 3.63) is 74.9 Å². The van der Waals surface area contributed by atoms with E-state index in [1.54, 1.807) is 45.2 Å². The molecule has 1 atom stereocenters. The van der Waals surface area contributed by atoms with Gasteiger partial charge in [-0.15, -0.1) is 24.5 Å². The van der Waals surface area contributed by atoms with Crippen molar-refractivity contribution in [2.75, 3.05) is 0 Å². The van der Waals surface area contributed by atoms with Gasteiger partial charge in [-0.2, -0.15) is 5.10 Å². The smallest absolute Gasteiger partial charge is 0.406 e. The van der Waals surface area contributed by atoms with Gasteiger partial charge in [-0.05, 0) is 42.5 Å². The van der Waals surface area contributed by atoms with Gasteiger partial charge in [-0.3, -0.25) is 14.0 Å². The molecule has 5 rings (SSSR count). The SMILES string of the molecule is Cn1cc(Cn2cnc3sc4c(c3c2=O)CC[C@H](NCc2cccc(OC(F)(F)F)c2)C4)cn1. The third-order valence-electron chi connectivity index (χ3n) is 5.87. The summed E-state index contributed by atoms with van der Waals surface area (Å²) in [5.74, 6) is -0.226. The van der Waals surface area contributed by atoms with Crippen molar-refractivity contribution in [3.8, 4) is 5.75 Å². The van der Waals surface area contributed by atoms with Crippen LogP contribution >= 0.6 is 11.3 Å². The summed E-state index contributed by atoms with van der Waals surface area (Å²) < 4.78 is 44.7. The van der Waals surface area contributed by atoms with E-state index in [0.29, 0.717) is 24.0 Å². The summed E-state index contributed by atoms with van der Waals surface area (Å²) in [6.45, 7) is 0.845. The first-order valence-electron chi connectivity index (χ1n) is 10.8. The highest BCUT2D eigenvalue weighted by Crippen LogP contribution is 2.34. The number of halogens is 3. The minimum Gasteiger partial charge on any atom is -0.406 e. The van der Waals surface area contributed by atoms with Crippen LogP contribution in [0.25, 0.3) is 10.2 Å². The minimum absolute atomic E-state index is 0.0424. The van der Waals surface area contributed by atoms with Crippen molar-refractivity contribution in [1.29, 1.82) is 0 Å². The highest BCUT2D eigenvalue weighted by molar-refractivity contribution is 7.18. The molecule has 4 aromatic rings. The molecule has 3 heterocycles. The summed E-state index contributed by atoms with van der Waals surface area (Å²) in [4.78, 5) is 19.6. The molecule has 3 aromatic heterocycles.